The van der Waals surface area contributed by atoms with E-state index in [1.54, 1.807) is 48.4 Å². The van der Waals surface area contributed by atoms with Crippen LogP contribution in [0.2, 0.25) is 0 Å². The molecule has 0 saturated carbocycles. The van der Waals surface area contributed by atoms with Crippen LogP contribution in [-0.4, -0.2) is 54.0 Å². The van der Waals surface area contributed by atoms with Crippen LogP contribution < -0.4 is 10.2 Å². The van der Waals surface area contributed by atoms with Crippen LogP contribution in [0.25, 0.3) is 10.9 Å². The number of hydrogen-bond acceptors (Lipinski definition) is 4. The van der Waals surface area contributed by atoms with E-state index in [9.17, 15) is 18.8 Å². The van der Waals surface area contributed by atoms with Crippen LogP contribution in [0.5, 0.6) is 0 Å². The van der Waals surface area contributed by atoms with Crippen molar-refractivity contribution in [3.63, 3.8) is 0 Å². The Balaban J connectivity index is 1.42. The van der Waals surface area contributed by atoms with Gasteiger partial charge in [0.2, 0.25) is 0 Å². The Labute approximate surface area is 224 Å². The molecule has 39 heavy (non-hydrogen) atoms. The van der Waals surface area contributed by atoms with Gasteiger partial charge in [0.05, 0.1) is 11.3 Å². The summed E-state index contributed by atoms with van der Waals surface area (Å²) in [5.41, 5.74) is 3.81. The fourth-order valence-corrected chi connectivity index (χ4v) is 5.66. The van der Waals surface area contributed by atoms with E-state index in [1.807, 2.05) is 24.3 Å². The number of hydrogen-bond donors (Lipinski definition) is 2. The van der Waals surface area contributed by atoms with Gasteiger partial charge in [0.1, 0.15) is 17.9 Å². The van der Waals surface area contributed by atoms with Gasteiger partial charge < -0.3 is 15.0 Å². The fraction of sp³-hybridized carbons (Fsp3) is 0.233. The first-order valence-corrected chi connectivity index (χ1v) is 12.9. The number of nitrogens with one attached hydrogen (secondary N) is 2. The zero-order chi connectivity index (χ0) is 27.1. The number of nitrogens with zero attached hydrogens (tertiary/aromatic N) is 2. The summed E-state index contributed by atoms with van der Waals surface area (Å²) in [5, 5.41) is 3.82. The van der Waals surface area contributed by atoms with Crippen LogP contribution >= 0.6 is 0 Å². The number of methoxy groups -OCH3 is 1. The van der Waals surface area contributed by atoms with Gasteiger partial charge in [0.25, 0.3) is 11.8 Å². The molecule has 6 rings (SSSR count). The number of para-hydroxylation sites is 2. The number of fused-ring (bicyclic) bond motifs is 4. The third-order valence-corrected chi connectivity index (χ3v) is 7.44. The lowest BCUT2D eigenvalue weighted by atomic mass is 9.89. The Bertz CT molecular complexity index is 1580. The summed E-state index contributed by atoms with van der Waals surface area (Å²) < 4.78 is 18.9. The molecule has 0 spiro atoms. The fourth-order valence-electron chi connectivity index (χ4n) is 5.66. The summed E-state index contributed by atoms with van der Waals surface area (Å²) in [6.07, 6.45) is 0.955. The zero-order valence-corrected chi connectivity index (χ0v) is 21.3. The van der Waals surface area contributed by atoms with Gasteiger partial charge in [0.15, 0.2) is 0 Å². The quantitative estimate of drug-likeness (QED) is 0.273. The number of amides is 4. The summed E-state index contributed by atoms with van der Waals surface area (Å²) in [4.78, 5) is 47.2. The average Bonchev–Trinajstić information content (AvgIpc) is 3.44. The first-order valence-electron chi connectivity index (χ1n) is 12.9. The minimum Gasteiger partial charge on any atom is -0.385 e. The Morgan fingerprint density at radius 1 is 1.05 bits per heavy atom. The summed E-state index contributed by atoms with van der Waals surface area (Å²) in [5.74, 6) is -1.17. The third-order valence-electron chi connectivity index (χ3n) is 7.44. The summed E-state index contributed by atoms with van der Waals surface area (Å²) in [6.45, 7) is 0.896. The molecule has 2 aliphatic heterocycles. The molecule has 1 aromatic heterocycles. The monoisotopic (exact) mass is 526 g/mol. The Morgan fingerprint density at radius 2 is 1.79 bits per heavy atom. The van der Waals surface area contributed by atoms with E-state index in [0.717, 1.165) is 27.1 Å². The van der Waals surface area contributed by atoms with Crippen molar-refractivity contribution >= 4 is 34.4 Å². The number of aromatic nitrogens is 1. The molecule has 2 N–H and O–H groups in total. The second-order valence-corrected chi connectivity index (χ2v) is 9.72. The van der Waals surface area contributed by atoms with Gasteiger partial charge in [-0.25, -0.2) is 14.1 Å². The third kappa shape index (κ3) is 4.15. The number of aromatic amines is 1. The Morgan fingerprint density at radius 3 is 2.59 bits per heavy atom. The standard InChI is InChI=1S/C30H27FN4O4/c1-39-16-6-15-32-28(36)21-8-3-5-10-24(21)35-29(37)25-17-22-20-7-2-4-9-23(20)33-26(22)27(34(25)30(35)38)18-11-13-19(31)14-12-18/h2-5,7-14,25,27,33H,6,15-17H2,1H3,(H,32,36)/t25-,27-/m0/s1. The molecule has 0 radical (unpaired) electrons. The van der Waals surface area contributed by atoms with Crippen LogP contribution in [0.4, 0.5) is 14.9 Å². The highest BCUT2D eigenvalue weighted by Crippen LogP contribution is 2.45. The normalized spacial score (nSPS) is 18.4. The lowest BCUT2D eigenvalue weighted by Gasteiger charge is -2.36. The van der Waals surface area contributed by atoms with Crippen LogP contribution in [0.3, 0.4) is 0 Å². The molecule has 0 aliphatic carbocycles. The first-order chi connectivity index (χ1) is 19.0. The largest absolute Gasteiger partial charge is 0.385 e. The number of carbonyl (C=O) groups is 3. The molecular formula is C30H27FN4O4. The maximum absolute atomic E-state index is 14.1. The molecule has 0 bridgehead atoms. The number of benzene rings is 3. The summed E-state index contributed by atoms with van der Waals surface area (Å²) in [6, 6.07) is 18.5. The van der Waals surface area contributed by atoms with Gasteiger partial charge in [-0.1, -0.05) is 42.5 Å². The lowest BCUT2D eigenvalue weighted by molar-refractivity contribution is -0.120. The number of imide groups is 1. The zero-order valence-electron chi connectivity index (χ0n) is 21.3. The number of urea groups is 1. The van der Waals surface area contributed by atoms with E-state index in [0.29, 0.717) is 31.6 Å². The van der Waals surface area contributed by atoms with E-state index in [2.05, 4.69) is 10.3 Å². The lowest BCUT2D eigenvalue weighted by Crippen LogP contribution is -2.44. The van der Waals surface area contributed by atoms with Crippen molar-refractivity contribution in [2.75, 3.05) is 25.2 Å². The van der Waals surface area contributed by atoms with Crippen LogP contribution in [0.15, 0.2) is 72.8 Å². The minimum atomic E-state index is -0.780. The van der Waals surface area contributed by atoms with Crippen molar-refractivity contribution in [3.8, 4) is 0 Å². The topological polar surface area (TPSA) is 94.7 Å². The molecular weight excluding hydrogens is 499 g/mol. The smallest absolute Gasteiger partial charge is 0.332 e. The van der Waals surface area contributed by atoms with Gasteiger partial charge in [-0.05, 0) is 47.9 Å². The number of carbonyl (C=O) groups excluding carboxylic acids is 3. The molecule has 1 saturated heterocycles. The maximum atomic E-state index is 14.1. The number of rotatable bonds is 7. The van der Waals surface area contributed by atoms with E-state index in [-0.39, 0.29) is 23.0 Å². The van der Waals surface area contributed by atoms with E-state index in [1.165, 1.54) is 12.1 Å². The van der Waals surface area contributed by atoms with Crippen LogP contribution in [-0.2, 0) is 16.0 Å². The van der Waals surface area contributed by atoms with Crippen molar-refractivity contribution in [2.45, 2.75) is 24.9 Å². The molecule has 3 aromatic carbocycles. The van der Waals surface area contributed by atoms with Gasteiger partial charge in [-0.15, -0.1) is 0 Å². The van der Waals surface area contributed by atoms with Gasteiger partial charge in [-0.3, -0.25) is 14.5 Å². The summed E-state index contributed by atoms with van der Waals surface area (Å²) >= 11 is 0. The molecule has 3 heterocycles. The molecule has 4 aromatic rings. The number of H-pyrrole nitrogens is 1. The second-order valence-electron chi connectivity index (χ2n) is 9.72. The van der Waals surface area contributed by atoms with Gasteiger partial charge >= 0.3 is 6.03 Å². The highest BCUT2D eigenvalue weighted by Gasteiger charge is 2.53. The van der Waals surface area contributed by atoms with Gasteiger partial charge in [-0.2, -0.15) is 0 Å². The molecule has 2 aliphatic rings. The highest BCUT2D eigenvalue weighted by molar-refractivity contribution is 6.24. The SMILES string of the molecule is COCCCNC(=O)c1ccccc1N1C(=O)[C@@H]2Cc3c([nH]c4ccccc34)[C@H](c3ccc(F)cc3)N2C1=O. The van der Waals surface area contributed by atoms with Crippen LogP contribution in [0, 0.1) is 5.82 Å². The number of halogens is 1. The molecule has 2 atom stereocenters. The molecule has 198 valence electrons. The highest BCUT2D eigenvalue weighted by atomic mass is 19.1. The van der Waals surface area contributed by atoms with Gasteiger partial charge in [0, 0.05) is 43.3 Å². The molecule has 0 unspecified atom stereocenters. The summed E-state index contributed by atoms with van der Waals surface area (Å²) in [7, 11) is 1.59. The van der Waals surface area contributed by atoms with Crippen LogP contribution in [0.1, 0.15) is 39.6 Å². The molecule has 9 heteroatoms. The van der Waals surface area contributed by atoms with E-state index < -0.39 is 24.0 Å². The second kappa shape index (κ2) is 9.99. The van der Waals surface area contributed by atoms with Crippen molar-refractivity contribution in [3.05, 3.63) is 101 Å². The predicted octanol–water partition coefficient (Wildman–Crippen LogP) is 4.56. The maximum Gasteiger partial charge on any atom is 0.332 e. The number of anilines is 1. The first kappa shape index (κ1) is 24.8. The molecule has 8 nitrogen and oxygen atoms in total. The van der Waals surface area contributed by atoms with Crippen molar-refractivity contribution in [1.29, 1.82) is 0 Å². The molecule has 1 fully saturated rings. The van der Waals surface area contributed by atoms with Crippen molar-refractivity contribution in [1.82, 2.24) is 15.2 Å². The van der Waals surface area contributed by atoms with Crippen molar-refractivity contribution in [2.24, 2.45) is 0 Å². The predicted molar refractivity (Wildman–Crippen MR) is 144 cm³/mol. The average molecular weight is 527 g/mol. The Kier molecular flexibility index (Phi) is 6.36. The van der Waals surface area contributed by atoms with Crippen molar-refractivity contribution < 1.29 is 23.5 Å². The Hall–Kier alpha value is -4.50. The van der Waals surface area contributed by atoms with E-state index >= 15 is 0 Å². The number of ether oxygens (including phenoxy) is 1. The molecule has 4 amide bonds. The van der Waals surface area contributed by atoms with E-state index in [4.69, 9.17) is 4.74 Å². The minimum absolute atomic E-state index is 0.234.